The Labute approximate surface area is 123 Å². The van der Waals surface area contributed by atoms with Crippen LogP contribution in [-0.2, 0) is 6.54 Å². The predicted octanol–water partition coefficient (Wildman–Crippen LogP) is 4.54. The number of rotatable bonds is 5. The molecule has 0 heterocycles. The van der Waals surface area contributed by atoms with Crippen molar-refractivity contribution in [3.8, 4) is 0 Å². The van der Waals surface area contributed by atoms with Gasteiger partial charge in [0, 0.05) is 22.4 Å². The molecule has 2 aromatic rings. The highest BCUT2D eigenvalue weighted by Crippen LogP contribution is 2.31. The maximum atomic E-state index is 13.7. The molecule has 0 aliphatic heterocycles. The van der Waals surface area contributed by atoms with Crippen molar-refractivity contribution in [3.63, 3.8) is 0 Å². The maximum absolute atomic E-state index is 13.7. The molecule has 0 atom stereocenters. The summed E-state index contributed by atoms with van der Waals surface area (Å²) in [6.07, 6.45) is 2.50. The lowest BCUT2D eigenvalue weighted by Gasteiger charge is -2.08. The van der Waals surface area contributed by atoms with Crippen LogP contribution in [0.2, 0.25) is 0 Å². The Bertz CT molecular complexity index is 608. The fourth-order valence-corrected chi connectivity index (χ4v) is 3.14. The molecule has 0 bridgehead atoms. The Hall–Kier alpha value is -1.32. The van der Waals surface area contributed by atoms with Gasteiger partial charge >= 0.3 is 0 Å². The second kappa shape index (κ2) is 5.98. The maximum Gasteiger partial charge on any atom is 0.124 e. The number of benzene rings is 2. The Balaban J connectivity index is 1.76. The molecule has 3 rings (SSSR count). The fourth-order valence-electron chi connectivity index (χ4n) is 2.13. The van der Waals surface area contributed by atoms with Crippen molar-refractivity contribution < 1.29 is 4.39 Å². The molecule has 0 aromatic heterocycles. The summed E-state index contributed by atoms with van der Waals surface area (Å²) >= 11 is 1.62. The highest BCUT2D eigenvalue weighted by Gasteiger charge is 2.20. The van der Waals surface area contributed by atoms with E-state index < -0.39 is 0 Å². The molecule has 1 aliphatic carbocycles. The van der Waals surface area contributed by atoms with E-state index in [-0.39, 0.29) is 5.82 Å². The number of hydrogen-bond donors (Lipinski definition) is 1. The minimum absolute atomic E-state index is 0.156. The molecule has 1 N–H and O–H groups in total. The molecule has 3 heteroatoms. The van der Waals surface area contributed by atoms with Crippen LogP contribution in [0.4, 0.5) is 4.39 Å². The van der Waals surface area contributed by atoms with E-state index in [2.05, 4.69) is 30.4 Å². The Kier molecular flexibility index (Phi) is 4.08. The van der Waals surface area contributed by atoms with Crippen LogP contribution in [0, 0.1) is 12.7 Å². The number of hydrogen-bond acceptors (Lipinski definition) is 2. The number of halogens is 1. The van der Waals surface area contributed by atoms with E-state index in [1.54, 1.807) is 23.9 Å². The minimum Gasteiger partial charge on any atom is -0.310 e. The molecule has 104 valence electrons. The molecular formula is C17H18FNS. The van der Waals surface area contributed by atoms with Crippen LogP contribution >= 0.6 is 11.8 Å². The molecule has 2 aromatic carbocycles. The second-order valence-corrected chi connectivity index (χ2v) is 6.43. The summed E-state index contributed by atoms with van der Waals surface area (Å²) in [5.74, 6) is -0.156. The third kappa shape index (κ3) is 3.62. The smallest absolute Gasteiger partial charge is 0.124 e. The average Bonchev–Trinajstić information content (AvgIpc) is 3.23. The molecule has 0 saturated heterocycles. The number of aryl methyl sites for hydroxylation is 1. The molecule has 1 nitrogen and oxygen atoms in total. The van der Waals surface area contributed by atoms with E-state index in [4.69, 9.17) is 0 Å². The van der Waals surface area contributed by atoms with Crippen LogP contribution in [0.3, 0.4) is 0 Å². The van der Waals surface area contributed by atoms with Gasteiger partial charge in [-0.05, 0) is 55.2 Å². The minimum atomic E-state index is -0.156. The average molecular weight is 287 g/mol. The Morgan fingerprint density at radius 2 is 2.00 bits per heavy atom. The Morgan fingerprint density at radius 1 is 1.20 bits per heavy atom. The zero-order valence-corrected chi connectivity index (χ0v) is 12.3. The van der Waals surface area contributed by atoms with Crippen LogP contribution < -0.4 is 5.32 Å². The Morgan fingerprint density at radius 3 is 2.75 bits per heavy atom. The topological polar surface area (TPSA) is 12.0 Å². The SMILES string of the molecule is Cc1ccccc1Sc1cc(F)cc(CNC2CC2)c1. The molecule has 0 unspecified atom stereocenters. The van der Waals surface area contributed by atoms with Crippen LogP contribution in [0.5, 0.6) is 0 Å². The van der Waals surface area contributed by atoms with Crippen molar-refractivity contribution in [2.75, 3.05) is 0 Å². The first-order valence-electron chi connectivity index (χ1n) is 6.97. The lowest BCUT2D eigenvalue weighted by Crippen LogP contribution is -2.15. The van der Waals surface area contributed by atoms with Crippen molar-refractivity contribution in [1.29, 1.82) is 0 Å². The van der Waals surface area contributed by atoms with E-state index in [9.17, 15) is 4.39 Å². The summed E-state index contributed by atoms with van der Waals surface area (Å²) in [4.78, 5) is 2.14. The zero-order valence-electron chi connectivity index (χ0n) is 11.5. The largest absolute Gasteiger partial charge is 0.310 e. The van der Waals surface area contributed by atoms with Gasteiger partial charge in [-0.25, -0.2) is 4.39 Å². The van der Waals surface area contributed by atoms with Crippen molar-refractivity contribution in [2.45, 2.75) is 42.1 Å². The third-order valence-corrected chi connectivity index (χ3v) is 4.57. The van der Waals surface area contributed by atoms with Gasteiger partial charge in [-0.15, -0.1) is 0 Å². The van der Waals surface area contributed by atoms with Crippen molar-refractivity contribution >= 4 is 11.8 Å². The van der Waals surface area contributed by atoms with E-state index >= 15 is 0 Å². The lowest BCUT2D eigenvalue weighted by atomic mass is 10.2. The van der Waals surface area contributed by atoms with Gasteiger partial charge in [-0.2, -0.15) is 0 Å². The molecule has 1 saturated carbocycles. The first-order valence-corrected chi connectivity index (χ1v) is 7.79. The summed E-state index contributed by atoms with van der Waals surface area (Å²) < 4.78 is 13.7. The highest BCUT2D eigenvalue weighted by atomic mass is 32.2. The molecule has 0 spiro atoms. The van der Waals surface area contributed by atoms with Crippen molar-refractivity contribution in [2.24, 2.45) is 0 Å². The van der Waals surface area contributed by atoms with Gasteiger partial charge in [0.2, 0.25) is 0 Å². The quantitative estimate of drug-likeness (QED) is 0.866. The standard InChI is InChI=1S/C17H18FNS/c1-12-4-2-3-5-17(12)20-16-9-13(8-14(18)10-16)11-19-15-6-7-15/h2-5,8-10,15,19H,6-7,11H2,1H3. The first kappa shape index (κ1) is 13.7. The van der Waals surface area contributed by atoms with Crippen molar-refractivity contribution in [3.05, 3.63) is 59.4 Å². The summed E-state index contributed by atoms with van der Waals surface area (Å²) in [7, 11) is 0. The molecule has 1 aliphatic rings. The van der Waals surface area contributed by atoms with Crippen LogP contribution in [-0.4, -0.2) is 6.04 Å². The van der Waals surface area contributed by atoms with E-state index in [1.165, 1.54) is 23.3 Å². The molecule has 0 radical (unpaired) electrons. The van der Waals surface area contributed by atoms with E-state index in [0.29, 0.717) is 6.04 Å². The van der Waals surface area contributed by atoms with Crippen molar-refractivity contribution in [1.82, 2.24) is 5.32 Å². The van der Waals surface area contributed by atoms with Crippen LogP contribution in [0.15, 0.2) is 52.3 Å². The first-order chi connectivity index (χ1) is 9.70. The van der Waals surface area contributed by atoms with Gasteiger partial charge in [-0.1, -0.05) is 30.0 Å². The third-order valence-electron chi connectivity index (χ3n) is 3.42. The second-order valence-electron chi connectivity index (χ2n) is 5.32. The monoisotopic (exact) mass is 287 g/mol. The normalized spacial score (nSPS) is 14.5. The molecular weight excluding hydrogens is 269 g/mol. The zero-order chi connectivity index (χ0) is 13.9. The summed E-state index contributed by atoms with van der Waals surface area (Å²) in [6.45, 7) is 2.83. The highest BCUT2D eigenvalue weighted by molar-refractivity contribution is 7.99. The number of nitrogens with one attached hydrogen (secondary N) is 1. The fraction of sp³-hybridized carbons (Fsp3) is 0.294. The molecule has 20 heavy (non-hydrogen) atoms. The van der Waals surface area contributed by atoms with Crippen LogP contribution in [0.1, 0.15) is 24.0 Å². The summed E-state index contributed by atoms with van der Waals surface area (Å²) in [5.41, 5.74) is 2.24. The molecule has 1 fully saturated rings. The van der Waals surface area contributed by atoms with Gasteiger partial charge in [0.25, 0.3) is 0 Å². The van der Waals surface area contributed by atoms with Gasteiger partial charge in [0.1, 0.15) is 5.82 Å². The van der Waals surface area contributed by atoms with Crippen LogP contribution in [0.25, 0.3) is 0 Å². The summed E-state index contributed by atoms with van der Waals surface area (Å²) in [6, 6.07) is 14.2. The van der Waals surface area contributed by atoms with Gasteiger partial charge < -0.3 is 5.32 Å². The van der Waals surface area contributed by atoms with Gasteiger partial charge in [-0.3, -0.25) is 0 Å². The van der Waals surface area contributed by atoms with Gasteiger partial charge in [0.15, 0.2) is 0 Å². The van der Waals surface area contributed by atoms with E-state index in [1.807, 2.05) is 12.1 Å². The van der Waals surface area contributed by atoms with E-state index in [0.717, 1.165) is 17.0 Å². The summed E-state index contributed by atoms with van der Waals surface area (Å²) in [5, 5.41) is 3.43. The van der Waals surface area contributed by atoms with Gasteiger partial charge in [0.05, 0.1) is 0 Å². The predicted molar refractivity (Wildman–Crippen MR) is 81.6 cm³/mol. The molecule has 0 amide bonds. The lowest BCUT2D eigenvalue weighted by molar-refractivity contribution is 0.615.